The topological polar surface area (TPSA) is 27.0 Å². The van der Waals surface area contributed by atoms with Crippen molar-refractivity contribution in [3.63, 3.8) is 0 Å². The highest BCUT2D eigenvalue weighted by atomic mass is 15.4. The Bertz CT molecular complexity index is 407. The molecule has 1 heterocycles. The van der Waals surface area contributed by atoms with Crippen LogP contribution in [0.2, 0.25) is 0 Å². The molecule has 1 aromatic rings. The van der Waals surface area contributed by atoms with Gasteiger partial charge in [0.25, 0.3) is 0 Å². The Morgan fingerprint density at radius 1 is 1.25 bits per heavy atom. The van der Waals surface area contributed by atoms with E-state index in [2.05, 4.69) is 31.1 Å². The highest BCUT2D eigenvalue weighted by molar-refractivity contribution is 5.51. The zero-order valence-corrected chi connectivity index (χ0v) is 9.98. The summed E-state index contributed by atoms with van der Waals surface area (Å²) in [4.78, 5) is 2.37. The maximum Gasteiger partial charge on any atom is 0.0992 e. The van der Waals surface area contributed by atoms with Gasteiger partial charge >= 0.3 is 0 Å². The molecule has 0 aliphatic carbocycles. The van der Waals surface area contributed by atoms with Gasteiger partial charge in [0.1, 0.15) is 0 Å². The average molecular weight is 216 g/mol. The van der Waals surface area contributed by atoms with Gasteiger partial charge < -0.3 is 9.38 Å². The maximum atomic E-state index is 8.87. The van der Waals surface area contributed by atoms with Gasteiger partial charge in [-0.25, -0.2) is 0 Å². The van der Waals surface area contributed by atoms with Crippen LogP contribution in [0.5, 0.6) is 0 Å². The number of quaternary nitrogens is 1. The lowest BCUT2D eigenvalue weighted by atomic mass is 10.2. The van der Waals surface area contributed by atoms with Gasteiger partial charge in [0.05, 0.1) is 51.9 Å². The molecule has 0 amide bonds. The van der Waals surface area contributed by atoms with Crippen LogP contribution in [0.3, 0.4) is 0 Å². The molecule has 3 heteroatoms. The fraction of sp³-hybridized carbons (Fsp3) is 0.462. The second-order valence-electron chi connectivity index (χ2n) is 5.03. The minimum Gasteiger partial charge on any atom is -0.360 e. The average Bonchev–Trinajstić information content (AvgIpc) is 2.29. The Morgan fingerprint density at radius 2 is 1.94 bits per heavy atom. The Balaban J connectivity index is 2.11. The molecule has 0 saturated carbocycles. The number of nitriles is 1. The molecule has 2 rings (SSSR count). The number of rotatable bonds is 1. The lowest BCUT2D eigenvalue weighted by Crippen LogP contribution is -2.54. The van der Waals surface area contributed by atoms with E-state index < -0.39 is 0 Å². The lowest BCUT2D eigenvalue weighted by molar-refractivity contribution is -0.890. The first-order valence-electron chi connectivity index (χ1n) is 5.68. The normalized spacial score (nSPS) is 19.2. The van der Waals surface area contributed by atoms with Crippen molar-refractivity contribution in [2.45, 2.75) is 0 Å². The van der Waals surface area contributed by atoms with Gasteiger partial charge in [0.15, 0.2) is 0 Å². The second kappa shape index (κ2) is 4.15. The second-order valence-corrected chi connectivity index (χ2v) is 5.03. The van der Waals surface area contributed by atoms with Gasteiger partial charge in [-0.15, -0.1) is 0 Å². The third-order valence-electron chi connectivity index (χ3n) is 3.29. The predicted octanol–water partition coefficient (Wildman–Crippen LogP) is 1.45. The van der Waals surface area contributed by atoms with Crippen LogP contribution in [0.4, 0.5) is 5.69 Å². The monoisotopic (exact) mass is 216 g/mol. The smallest absolute Gasteiger partial charge is 0.0992 e. The summed E-state index contributed by atoms with van der Waals surface area (Å²) in [5.74, 6) is 0. The van der Waals surface area contributed by atoms with E-state index in [9.17, 15) is 0 Å². The molecular formula is C13H18N3+. The summed E-state index contributed by atoms with van der Waals surface area (Å²) >= 11 is 0. The summed E-state index contributed by atoms with van der Waals surface area (Å²) in [6.45, 7) is 4.47. The van der Waals surface area contributed by atoms with Gasteiger partial charge in [-0.2, -0.15) is 5.26 Å². The van der Waals surface area contributed by atoms with Crippen molar-refractivity contribution in [1.82, 2.24) is 0 Å². The molecule has 1 fully saturated rings. The molecule has 0 spiro atoms. The number of hydrogen-bond donors (Lipinski definition) is 0. The first-order chi connectivity index (χ1) is 7.61. The molecule has 0 N–H and O–H groups in total. The van der Waals surface area contributed by atoms with Crippen LogP contribution in [0, 0.1) is 11.3 Å². The number of anilines is 1. The summed E-state index contributed by atoms with van der Waals surface area (Å²) in [6.07, 6.45) is 0. The number of nitrogens with zero attached hydrogens (tertiary/aromatic N) is 3. The molecule has 0 unspecified atom stereocenters. The van der Waals surface area contributed by atoms with Gasteiger partial charge in [-0.1, -0.05) is 6.07 Å². The van der Waals surface area contributed by atoms with Crippen LogP contribution in [-0.2, 0) is 0 Å². The molecule has 0 aromatic heterocycles. The molecule has 1 aliphatic heterocycles. The Morgan fingerprint density at radius 3 is 2.56 bits per heavy atom. The van der Waals surface area contributed by atoms with E-state index in [1.54, 1.807) is 0 Å². The van der Waals surface area contributed by atoms with Crippen molar-refractivity contribution in [1.29, 1.82) is 5.26 Å². The molecule has 1 aliphatic rings. The van der Waals surface area contributed by atoms with Crippen LogP contribution < -0.4 is 4.90 Å². The standard InChI is InChI=1S/C13H18N3/c1-16(2)8-6-15(7-9-16)13-5-3-4-12(10-13)11-14/h3-5,10H,6-9H2,1-2H3/q+1. The molecular weight excluding hydrogens is 198 g/mol. The molecule has 3 nitrogen and oxygen atoms in total. The minimum atomic E-state index is 0.747. The zero-order chi connectivity index (χ0) is 11.6. The zero-order valence-electron chi connectivity index (χ0n) is 9.98. The third-order valence-corrected chi connectivity index (χ3v) is 3.29. The van der Waals surface area contributed by atoms with Crippen LogP contribution in [0.25, 0.3) is 0 Å². The van der Waals surface area contributed by atoms with Gasteiger partial charge in [-0.3, -0.25) is 0 Å². The summed E-state index contributed by atoms with van der Waals surface area (Å²) in [7, 11) is 4.53. The van der Waals surface area contributed by atoms with Crippen molar-refractivity contribution in [3.05, 3.63) is 29.8 Å². The highest BCUT2D eigenvalue weighted by Gasteiger charge is 2.24. The molecule has 0 atom stereocenters. The fourth-order valence-corrected chi connectivity index (χ4v) is 2.04. The van der Waals surface area contributed by atoms with Crippen LogP contribution in [0.1, 0.15) is 5.56 Å². The first-order valence-corrected chi connectivity index (χ1v) is 5.68. The largest absolute Gasteiger partial charge is 0.360 e. The highest BCUT2D eigenvalue weighted by Crippen LogP contribution is 2.18. The summed E-state index contributed by atoms with van der Waals surface area (Å²) in [6, 6.07) is 10.1. The van der Waals surface area contributed by atoms with Crippen LogP contribution >= 0.6 is 0 Å². The number of benzene rings is 1. The van der Waals surface area contributed by atoms with Gasteiger partial charge in [0, 0.05) is 5.69 Å². The summed E-state index contributed by atoms with van der Waals surface area (Å²) < 4.78 is 1.09. The molecule has 0 bridgehead atoms. The minimum absolute atomic E-state index is 0.747. The fourth-order valence-electron chi connectivity index (χ4n) is 2.04. The van der Waals surface area contributed by atoms with Gasteiger partial charge in [-0.05, 0) is 18.2 Å². The van der Waals surface area contributed by atoms with Crippen molar-refractivity contribution in [3.8, 4) is 6.07 Å². The summed E-state index contributed by atoms with van der Waals surface area (Å²) in [5.41, 5.74) is 1.93. The third kappa shape index (κ3) is 2.34. The van der Waals surface area contributed by atoms with E-state index in [1.807, 2.05) is 18.2 Å². The quantitative estimate of drug-likeness (QED) is 0.664. The van der Waals surface area contributed by atoms with Crippen molar-refractivity contribution in [2.75, 3.05) is 45.2 Å². The molecule has 1 saturated heterocycles. The van der Waals surface area contributed by atoms with Gasteiger partial charge in [0.2, 0.25) is 0 Å². The van der Waals surface area contributed by atoms with Crippen molar-refractivity contribution in [2.24, 2.45) is 0 Å². The van der Waals surface area contributed by atoms with E-state index in [-0.39, 0.29) is 0 Å². The summed E-state index contributed by atoms with van der Waals surface area (Å²) in [5, 5.41) is 8.87. The number of piperazine rings is 1. The maximum absolute atomic E-state index is 8.87. The van der Waals surface area contributed by atoms with E-state index in [0.717, 1.165) is 36.2 Å². The molecule has 16 heavy (non-hydrogen) atoms. The van der Waals surface area contributed by atoms with Crippen molar-refractivity contribution >= 4 is 5.69 Å². The molecule has 1 aromatic carbocycles. The Hall–Kier alpha value is -1.53. The first kappa shape index (κ1) is 11.0. The SMILES string of the molecule is C[N+]1(C)CCN(c2cccc(C#N)c2)CC1. The number of likely N-dealkylation sites (N-methyl/N-ethyl adjacent to an activating group) is 1. The lowest BCUT2D eigenvalue weighted by Gasteiger charge is -2.40. The molecule has 0 radical (unpaired) electrons. The predicted molar refractivity (Wildman–Crippen MR) is 65.2 cm³/mol. The van der Waals surface area contributed by atoms with E-state index in [1.165, 1.54) is 5.69 Å². The Kier molecular flexibility index (Phi) is 2.84. The van der Waals surface area contributed by atoms with E-state index >= 15 is 0 Å². The van der Waals surface area contributed by atoms with Crippen LogP contribution in [0.15, 0.2) is 24.3 Å². The van der Waals surface area contributed by atoms with Crippen molar-refractivity contribution < 1.29 is 4.48 Å². The Labute approximate surface area is 97.1 Å². The molecule has 84 valence electrons. The van der Waals surface area contributed by atoms with E-state index in [4.69, 9.17) is 5.26 Å². The van der Waals surface area contributed by atoms with E-state index in [0.29, 0.717) is 0 Å². The van der Waals surface area contributed by atoms with Crippen LogP contribution in [-0.4, -0.2) is 44.8 Å². The number of hydrogen-bond acceptors (Lipinski definition) is 2.